The second-order valence-electron chi connectivity index (χ2n) is 9.78. The predicted octanol–water partition coefficient (Wildman–Crippen LogP) is 5.31. The van der Waals surface area contributed by atoms with Gasteiger partial charge in [-0.1, -0.05) is 97.8 Å². The Hall–Kier alpha value is -3.73. The summed E-state index contributed by atoms with van der Waals surface area (Å²) in [6, 6.07) is 20.9. The molecule has 0 radical (unpaired) electrons. The minimum absolute atomic E-state index is 0.107. The summed E-state index contributed by atoms with van der Waals surface area (Å²) in [5.74, 6) is 0.639. The third-order valence-corrected chi connectivity index (χ3v) is 7.58. The number of allylic oxidation sites excluding steroid dienone is 4. The average Bonchev–Trinajstić information content (AvgIpc) is 3.61. The Balaban J connectivity index is 1.44. The highest BCUT2D eigenvalue weighted by molar-refractivity contribution is 5.78. The highest BCUT2D eigenvalue weighted by Gasteiger charge is 2.40. The number of nitrogens with one attached hydrogen (secondary N) is 2. The fourth-order valence-corrected chi connectivity index (χ4v) is 5.89. The summed E-state index contributed by atoms with van der Waals surface area (Å²) in [5, 5.41) is 8.46. The molecule has 1 fully saturated rings. The van der Waals surface area contributed by atoms with Crippen LogP contribution in [0.4, 0.5) is 0 Å². The SMILES string of the molecule is O=c1[nH]c(C2(Cc3ccccc3)C=CC=C2)nc2n[nH]c(C3(Cc4ccccc4)CCCC3)c12. The van der Waals surface area contributed by atoms with Crippen molar-refractivity contribution in [2.75, 3.05) is 0 Å². The van der Waals surface area contributed by atoms with E-state index < -0.39 is 5.41 Å². The van der Waals surface area contributed by atoms with Crippen molar-refractivity contribution in [3.63, 3.8) is 0 Å². The molecule has 0 saturated heterocycles. The summed E-state index contributed by atoms with van der Waals surface area (Å²) < 4.78 is 0. The Labute approximate surface area is 198 Å². The number of H-pyrrole nitrogens is 2. The summed E-state index contributed by atoms with van der Waals surface area (Å²) in [6.07, 6.45) is 14.3. The zero-order valence-corrected chi connectivity index (χ0v) is 19.1. The molecule has 6 rings (SSSR count). The van der Waals surface area contributed by atoms with Crippen LogP contribution in [-0.2, 0) is 23.7 Å². The van der Waals surface area contributed by atoms with Crippen molar-refractivity contribution in [2.45, 2.75) is 49.4 Å². The molecule has 2 aromatic carbocycles. The fraction of sp³-hybridized carbons (Fsp3) is 0.276. The van der Waals surface area contributed by atoms with Crippen LogP contribution in [0.2, 0.25) is 0 Å². The van der Waals surface area contributed by atoms with Crippen molar-refractivity contribution in [1.82, 2.24) is 20.2 Å². The van der Waals surface area contributed by atoms with Gasteiger partial charge in [0.15, 0.2) is 5.65 Å². The van der Waals surface area contributed by atoms with E-state index >= 15 is 0 Å². The highest BCUT2D eigenvalue weighted by atomic mass is 16.1. The maximum Gasteiger partial charge on any atom is 0.262 e. The summed E-state index contributed by atoms with van der Waals surface area (Å²) in [7, 11) is 0. The lowest BCUT2D eigenvalue weighted by Crippen LogP contribution is -2.30. The van der Waals surface area contributed by atoms with Gasteiger partial charge in [-0.15, -0.1) is 0 Å². The van der Waals surface area contributed by atoms with Crippen LogP contribution >= 0.6 is 0 Å². The van der Waals surface area contributed by atoms with Gasteiger partial charge in [0, 0.05) is 5.41 Å². The molecule has 2 N–H and O–H groups in total. The third-order valence-electron chi connectivity index (χ3n) is 7.58. The third kappa shape index (κ3) is 3.52. The number of hydrogen-bond donors (Lipinski definition) is 2. The second-order valence-corrected chi connectivity index (χ2v) is 9.78. The zero-order chi connectivity index (χ0) is 23.0. The lowest BCUT2D eigenvalue weighted by Gasteiger charge is -2.28. The van der Waals surface area contributed by atoms with Crippen LogP contribution in [0.15, 0.2) is 89.8 Å². The first-order chi connectivity index (χ1) is 16.7. The van der Waals surface area contributed by atoms with Gasteiger partial charge in [0.1, 0.15) is 11.2 Å². The Morgan fingerprint density at radius 3 is 2.09 bits per heavy atom. The van der Waals surface area contributed by atoms with Crippen LogP contribution in [0, 0.1) is 0 Å². The summed E-state index contributed by atoms with van der Waals surface area (Å²) >= 11 is 0. The van der Waals surface area contributed by atoms with Gasteiger partial charge in [-0.2, -0.15) is 5.10 Å². The summed E-state index contributed by atoms with van der Waals surface area (Å²) in [6.45, 7) is 0. The molecule has 0 unspecified atom stereocenters. The maximum absolute atomic E-state index is 13.6. The van der Waals surface area contributed by atoms with Gasteiger partial charge in [0.25, 0.3) is 5.56 Å². The largest absolute Gasteiger partial charge is 0.309 e. The molecule has 0 amide bonds. The topological polar surface area (TPSA) is 74.4 Å². The first kappa shape index (κ1) is 20.8. The number of nitrogens with zero attached hydrogens (tertiary/aromatic N) is 2. The van der Waals surface area contributed by atoms with Gasteiger partial charge in [0.05, 0.1) is 11.1 Å². The molecule has 2 aromatic heterocycles. The quantitative estimate of drug-likeness (QED) is 0.420. The number of hydrogen-bond acceptors (Lipinski definition) is 3. The molecule has 2 heterocycles. The number of aromatic nitrogens is 4. The monoisotopic (exact) mass is 448 g/mol. The highest BCUT2D eigenvalue weighted by Crippen LogP contribution is 2.44. The molecule has 1 saturated carbocycles. The number of benzene rings is 2. The smallest absolute Gasteiger partial charge is 0.262 e. The number of rotatable bonds is 6. The van der Waals surface area contributed by atoms with E-state index in [9.17, 15) is 4.79 Å². The Bertz CT molecular complexity index is 1410. The van der Waals surface area contributed by atoms with Gasteiger partial charge in [-0.3, -0.25) is 9.89 Å². The van der Waals surface area contributed by atoms with Crippen LogP contribution in [0.3, 0.4) is 0 Å². The molecule has 0 spiro atoms. The zero-order valence-electron chi connectivity index (χ0n) is 19.1. The Morgan fingerprint density at radius 2 is 1.44 bits per heavy atom. The summed E-state index contributed by atoms with van der Waals surface area (Å²) in [4.78, 5) is 21.7. The van der Waals surface area contributed by atoms with E-state index in [1.54, 1.807) is 0 Å². The lowest BCUT2D eigenvalue weighted by atomic mass is 9.76. The molecule has 2 aliphatic rings. The molecule has 5 heteroatoms. The van der Waals surface area contributed by atoms with Crippen molar-refractivity contribution in [3.05, 3.63) is 118 Å². The minimum Gasteiger partial charge on any atom is -0.309 e. The predicted molar refractivity (Wildman–Crippen MR) is 135 cm³/mol. The first-order valence-corrected chi connectivity index (χ1v) is 12.1. The molecule has 2 aliphatic carbocycles. The van der Waals surface area contributed by atoms with Gasteiger partial charge in [0.2, 0.25) is 0 Å². The van der Waals surface area contributed by atoms with Crippen molar-refractivity contribution in [2.24, 2.45) is 0 Å². The molecular weight excluding hydrogens is 420 g/mol. The standard InChI is InChI=1S/C29H28N4O/c34-26-23-24(28(15-7-8-16-28)19-21-11-3-1-4-12-21)32-33-25(23)30-27(31-26)29(17-9-10-18-29)20-22-13-5-2-6-14-22/h1-6,9-14,17-18H,7-8,15-16,19-20H2,(H2,30,31,32,33,34). The molecular formula is C29H28N4O. The van der Waals surface area contributed by atoms with Gasteiger partial charge >= 0.3 is 0 Å². The molecule has 0 bridgehead atoms. The van der Waals surface area contributed by atoms with E-state index in [4.69, 9.17) is 4.98 Å². The van der Waals surface area contributed by atoms with Gasteiger partial charge in [-0.25, -0.2) is 4.98 Å². The van der Waals surface area contributed by atoms with E-state index in [1.807, 2.05) is 36.4 Å². The molecule has 170 valence electrons. The van der Waals surface area contributed by atoms with E-state index in [1.165, 1.54) is 11.1 Å². The number of fused-ring (bicyclic) bond motifs is 1. The van der Waals surface area contributed by atoms with Gasteiger partial charge in [-0.05, 0) is 36.8 Å². The molecule has 5 nitrogen and oxygen atoms in total. The lowest BCUT2D eigenvalue weighted by molar-refractivity contribution is 0.427. The first-order valence-electron chi connectivity index (χ1n) is 12.1. The van der Waals surface area contributed by atoms with Crippen LogP contribution in [0.1, 0.15) is 48.3 Å². The average molecular weight is 449 g/mol. The van der Waals surface area contributed by atoms with Crippen LogP contribution < -0.4 is 5.56 Å². The second kappa shape index (κ2) is 8.24. The van der Waals surface area contributed by atoms with E-state index in [2.05, 4.69) is 63.7 Å². The number of aromatic amines is 2. The Kier molecular flexibility index (Phi) is 5.05. The minimum atomic E-state index is -0.483. The van der Waals surface area contributed by atoms with Crippen molar-refractivity contribution < 1.29 is 0 Å². The van der Waals surface area contributed by atoms with Crippen molar-refractivity contribution in [1.29, 1.82) is 0 Å². The fourth-order valence-electron chi connectivity index (χ4n) is 5.89. The molecule has 4 aromatic rings. The van der Waals surface area contributed by atoms with E-state index in [0.717, 1.165) is 44.2 Å². The van der Waals surface area contributed by atoms with E-state index in [-0.39, 0.29) is 11.0 Å². The summed E-state index contributed by atoms with van der Waals surface area (Å²) in [5.41, 5.74) is 3.23. The molecule has 0 aliphatic heterocycles. The Morgan fingerprint density at radius 1 is 0.824 bits per heavy atom. The van der Waals surface area contributed by atoms with Crippen molar-refractivity contribution in [3.8, 4) is 0 Å². The normalized spacial score (nSPS) is 18.1. The maximum atomic E-state index is 13.6. The van der Waals surface area contributed by atoms with Crippen LogP contribution in [-0.4, -0.2) is 20.2 Å². The molecule has 0 atom stereocenters. The van der Waals surface area contributed by atoms with Crippen LogP contribution in [0.5, 0.6) is 0 Å². The van der Waals surface area contributed by atoms with Crippen molar-refractivity contribution >= 4 is 11.0 Å². The van der Waals surface area contributed by atoms with Gasteiger partial charge < -0.3 is 4.98 Å². The van der Waals surface area contributed by atoms with Crippen LogP contribution in [0.25, 0.3) is 11.0 Å². The van der Waals surface area contributed by atoms with E-state index in [0.29, 0.717) is 16.9 Å². The molecule has 34 heavy (non-hydrogen) atoms.